The van der Waals surface area contributed by atoms with E-state index in [4.69, 9.17) is 11.6 Å². The lowest BCUT2D eigenvalue weighted by atomic mass is 10.1. The van der Waals surface area contributed by atoms with Crippen molar-refractivity contribution in [1.82, 2.24) is 9.55 Å². The number of rotatable bonds is 1. The summed E-state index contributed by atoms with van der Waals surface area (Å²) >= 11 is 6.11. The molecule has 0 N–H and O–H groups in total. The fraction of sp³-hybridized carbons (Fsp3) is 0.0714. The molecule has 0 spiro atoms. The Labute approximate surface area is 104 Å². The molecule has 0 aliphatic heterocycles. The fourth-order valence-corrected chi connectivity index (χ4v) is 2.26. The Morgan fingerprint density at radius 3 is 2.88 bits per heavy atom. The number of aryl methyl sites for hydroxylation is 1. The Hall–Kier alpha value is -1.80. The molecule has 0 saturated heterocycles. The molecule has 3 aromatic rings. The van der Waals surface area contributed by atoms with E-state index in [0.717, 1.165) is 11.1 Å². The fourth-order valence-electron chi connectivity index (χ4n) is 2.03. The highest BCUT2D eigenvalue weighted by molar-refractivity contribution is 6.32. The molecule has 0 saturated carbocycles. The van der Waals surface area contributed by atoms with Gasteiger partial charge < -0.3 is 4.57 Å². The van der Waals surface area contributed by atoms with Crippen molar-refractivity contribution >= 4 is 22.5 Å². The van der Waals surface area contributed by atoms with Crippen LogP contribution in [0.1, 0.15) is 0 Å². The molecule has 2 heterocycles. The lowest BCUT2D eigenvalue weighted by molar-refractivity contribution is 0.969. The standard InChI is InChI=1S/C14H11ClN2/c1-17-8-6-10-4-5-11(9-13(10)17)12-3-2-7-16-14(12)15/h2-9H,1H3. The second-order valence-electron chi connectivity index (χ2n) is 4.04. The number of hydrogen-bond acceptors (Lipinski definition) is 1. The minimum absolute atomic E-state index is 0.543. The molecule has 0 aliphatic rings. The molecular formula is C14H11ClN2. The third-order valence-electron chi connectivity index (χ3n) is 2.96. The third-order valence-corrected chi connectivity index (χ3v) is 3.26. The van der Waals surface area contributed by atoms with E-state index in [-0.39, 0.29) is 0 Å². The van der Waals surface area contributed by atoms with Gasteiger partial charge in [0.05, 0.1) is 0 Å². The highest BCUT2D eigenvalue weighted by atomic mass is 35.5. The molecule has 0 unspecified atom stereocenters. The first-order chi connectivity index (χ1) is 8.25. The summed E-state index contributed by atoms with van der Waals surface area (Å²) in [7, 11) is 2.04. The number of halogens is 1. The third kappa shape index (κ3) is 1.71. The predicted octanol–water partition coefficient (Wildman–Crippen LogP) is 3.89. The molecule has 84 valence electrons. The summed E-state index contributed by atoms with van der Waals surface area (Å²) in [6.45, 7) is 0. The highest BCUT2D eigenvalue weighted by Crippen LogP contribution is 2.28. The average molecular weight is 243 g/mol. The summed E-state index contributed by atoms with van der Waals surface area (Å²) in [5.74, 6) is 0. The summed E-state index contributed by atoms with van der Waals surface area (Å²) < 4.78 is 2.10. The largest absolute Gasteiger partial charge is 0.351 e. The highest BCUT2D eigenvalue weighted by Gasteiger charge is 2.05. The van der Waals surface area contributed by atoms with Crippen molar-refractivity contribution in [3.8, 4) is 11.1 Å². The van der Waals surface area contributed by atoms with Crippen LogP contribution in [-0.4, -0.2) is 9.55 Å². The van der Waals surface area contributed by atoms with Crippen molar-refractivity contribution in [2.45, 2.75) is 0 Å². The van der Waals surface area contributed by atoms with E-state index in [0.29, 0.717) is 5.15 Å². The Morgan fingerprint density at radius 2 is 2.06 bits per heavy atom. The second-order valence-corrected chi connectivity index (χ2v) is 4.40. The Balaban J connectivity index is 2.24. The maximum Gasteiger partial charge on any atom is 0.136 e. The molecule has 17 heavy (non-hydrogen) atoms. The van der Waals surface area contributed by atoms with Crippen molar-refractivity contribution < 1.29 is 0 Å². The molecule has 3 rings (SSSR count). The smallest absolute Gasteiger partial charge is 0.136 e. The van der Waals surface area contributed by atoms with Gasteiger partial charge in [0.25, 0.3) is 0 Å². The monoisotopic (exact) mass is 242 g/mol. The Bertz CT molecular complexity index is 686. The predicted molar refractivity (Wildman–Crippen MR) is 71.2 cm³/mol. The first-order valence-electron chi connectivity index (χ1n) is 5.42. The van der Waals surface area contributed by atoms with E-state index in [9.17, 15) is 0 Å². The number of nitrogens with zero attached hydrogens (tertiary/aromatic N) is 2. The normalized spacial score (nSPS) is 10.9. The molecule has 2 nitrogen and oxygen atoms in total. The molecular weight excluding hydrogens is 232 g/mol. The van der Waals surface area contributed by atoms with Gasteiger partial charge in [-0.3, -0.25) is 0 Å². The quantitative estimate of drug-likeness (QED) is 0.592. The molecule has 0 aliphatic carbocycles. The van der Waals surface area contributed by atoms with Crippen LogP contribution in [-0.2, 0) is 7.05 Å². The first-order valence-corrected chi connectivity index (χ1v) is 5.79. The van der Waals surface area contributed by atoms with E-state index >= 15 is 0 Å². The van der Waals surface area contributed by atoms with Gasteiger partial charge in [0.1, 0.15) is 5.15 Å². The average Bonchev–Trinajstić information content (AvgIpc) is 2.71. The maximum atomic E-state index is 6.11. The Kier molecular flexibility index (Phi) is 2.37. The van der Waals surface area contributed by atoms with Crippen molar-refractivity contribution in [3.63, 3.8) is 0 Å². The SMILES string of the molecule is Cn1ccc2ccc(-c3cccnc3Cl)cc21. The number of hydrogen-bond donors (Lipinski definition) is 0. The molecule has 0 atom stereocenters. The lowest BCUT2D eigenvalue weighted by Crippen LogP contribution is -1.86. The zero-order chi connectivity index (χ0) is 11.8. The summed E-state index contributed by atoms with van der Waals surface area (Å²) in [4.78, 5) is 4.10. The van der Waals surface area contributed by atoms with Gasteiger partial charge in [0.15, 0.2) is 0 Å². The van der Waals surface area contributed by atoms with Gasteiger partial charge in [-0.2, -0.15) is 0 Å². The van der Waals surface area contributed by atoms with Gasteiger partial charge in [-0.15, -0.1) is 0 Å². The number of aromatic nitrogens is 2. The van der Waals surface area contributed by atoms with E-state index in [1.54, 1.807) is 6.20 Å². The van der Waals surface area contributed by atoms with Crippen LogP contribution in [0.25, 0.3) is 22.0 Å². The zero-order valence-corrected chi connectivity index (χ0v) is 10.1. The molecule has 1 aromatic carbocycles. The molecule has 0 bridgehead atoms. The van der Waals surface area contributed by atoms with E-state index < -0.39 is 0 Å². The van der Waals surface area contributed by atoms with Crippen molar-refractivity contribution in [2.75, 3.05) is 0 Å². The molecule has 0 amide bonds. The van der Waals surface area contributed by atoms with Crippen molar-refractivity contribution in [2.24, 2.45) is 7.05 Å². The number of pyridine rings is 1. The van der Waals surface area contributed by atoms with Crippen LogP contribution in [0, 0.1) is 0 Å². The van der Waals surface area contributed by atoms with Crippen LogP contribution in [0.4, 0.5) is 0 Å². The van der Waals surface area contributed by atoms with E-state index in [2.05, 4.69) is 40.0 Å². The minimum Gasteiger partial charge on any atom is -0.351 e. The zero-order valence-electron chi connectivity index (χ0n) is 9.39. The lowest BCUT2D eigenvalue weighted by Gasteiger charge is -2.04. The van der Waals surface area contributed by atoms with Crippen molar-refractivity contribution in [3.05, 3.63) is 53.9 Å². The van der Waals surface area contributed by atoms with Gasteiger partial charge in [0.2, 0.25) is 0 Å². The molecule has 3 heteroatoms. The number of fused-ring (bicyclic) bond motifs is 1. The Morgan fingerprint density at radius 1 is 1.18 bits per heavy atom. The maximum absolute atomic E-state index is 6.11. The summed E-state index contributed by atoms with van der Waals surface area (Å²) in [6.07, 6.45) is 3.76. The van der Waals surface area contributed by atoms with Gasteiger partial charge in [-0.05, 0) is 35.2 Å². The summed E-state index contributed by atoms with van der Waals surface area (Å²) in [5, 5.41) is 1.78. The topological polar surface area (TPSA) is 17.8 Å². The van der Waals surface area contributed by atoms with Crippen LogP contribution < -0.4 is 0 Å². The van der Waals surface area contributed by atoms with E-state index in [1.165, 1.54) is 10.9 Å². The van der Waals surface area contributed by atoms with Crippen LogP contribution in [0.5, 0.6) is 0 Å². The van der Waals surface area contributed by atoms with Crippen LogP contribution >= 0.6 is 11.6 Å². The minimum atomic E-state index is 0.543. The summed E-state index contributed by atoms with van der Waals surface area (Å²) in [6, 6.07) is 12.3. The molecule has 0 fully saturated rings. The first kappa shape index (κ1) is 10.4. The van der Waals surface area contributed by atoms with Gasteiger partial charge in [0, 0.05) is 30.5 Å². The number of benzene rings is 1. The second kappa shape index (κ2) is 3.90. The molecule has 2 aromatic heterocycles. The summed E-state index contributed by atoms with van der Waals surface area (Å²) in [5.41, 5.74) is 3.26. The van der Waals surface area contributed by atoms with Gasteiger partial charge >= 0.3 is 0 Å². The van der Waals surface area contributed by atoms with Crippen LogP contribution in [0.3, 0.4) is 0 Å². The van der Waals surface area contributed by atoms with Crippen LogP contribution in [0.2, 0.25) is 5.15 Å². The van der Waals surface area contributed by atoms with Crippen molar-refractivity contribution in [1.29, 1.82) is 0 Å². The van der Waals surface area contributed by atoms with Crippen LogP contribution in [0.15, 0.2) is 48.8 Å². The van der Waals surface area contributed by atoms with E-state index in [1.807, 2.05) is 19.2 Å². The van der Waals surface area contributed by atoms with Gasteiger partial charge in [-0.1, -0.05) is 23.7 Å². The van der Waals surface area contributed by atoms with Gasteiger partial charge in [-0.25, -0.2) is 4.98 Å². The molecule has 0 radical (unpaired) electrons.